The molecule has 0 bridgehead atoms. The molecule has 0 spiro atoms. The molecule has 0 aliphatic heterocycles. The maximum Gasteiger partial charge on any atom is 0.864 e. The lowest BCUT2D eigenvalue weighted by Gasteiger charge is -2.19. The first-order chi connectivity index (χ1) is 14.8. The minimum Gasteiger partial charge on any atom is -0.490 e. The summed E-state index contributed by atoms with van der Waals surface area (Å²) in [5.74, 6) is 1.97. The molecule has 3 aromatic rings. The number of hydrogen-bond acceptors (Lipinski definition) is 6. The van der Waals surface area contributed by atoms with Crippen LogP contribution in [0.25, 0.3) is 0 Å². The normalized spacial score (nSPS) is 10.3. The first-order valence-electron chi connectivity index (χ1n) is 10.1. The topological polar surface area (TPSA) is 37.4 Å². The summed E-state index contributed by atoms with van der Waals surface area (Å²) in [4.78, 5) is 6.10. The van der Waals surface area contributed by atoms with Gasteiger partial charge in [-0.2, -0.15) is 0 Å². The highest BCUT2D eigenvalue weighted by Gasteiger charge is 2.30. The minimum absolute atomic E-state index is 0.658. The van der Waals surface area contributed by atoms with Gasteiger partial charge < -0.3 is 28.7 Å². The van der Waals surface area contributed by atoms with Gasteiger partial charge in [0.15, 0.2) is 0 Å². The molecule has 0 unspecified atom stereocenters. The van der Waals surface area contributed by atoms with E-state index in [0.717, 1.165) is 17.1 Å². The van der Waals surface area contributed by atoms with Crippen LogP contribution in [0.2, 0.25) is 0 Å². The summed E-state index contributed by atoms with van der Waals surface area (Å²) in [6, 6.07) is 23.4. The summed E-state index contributed by atoms with van der Waals surface area (Å²) in [6.07, 6.45) is 0. The van der Waals surface area contributed by atoms with E-state index in [9.17, 15) is 0 Å². The average Bonchev–Trinajstić information content (AvgIpc) is 2.75. The van der Waals surface area contributed by atoms with E-state index in [2.05, 4.69) is 0 Å². The predicted octanol–water partition coefficient (Wildman–Crippen LogP) is 4.41. The van der Waals surface area contributed by atoms with Crippen LogP contribution in [0.3, 0.4) is 0 Å². The fourth-order valence-electron chi connectivity index (χ4n) is 2.87. The summed E-state index contributed by atoms with van der Waals surface area (Å²) in [5, 5.41) is 0. The minimum atomic E-state index is -0.944. The Morgan fingerprint density at radius 3 is 0.839 bits per heavy atom. The molecule has 0 radical (unpaired) electrons. The molecule has 0 aliphatic carbocycles. The average molecular weight is 419 g/mol. The second-order valence-electron chi connectivity index (χ2n) is 7.81. The van der Waals surface area contributed by atoms with Crippen molar-refractivity contribution >= 4 is 24.4 Å². The zero-order chi connectivity index (χ0) is 22.4. The van der Waals surface area contributed by atoms with Crippen LogP contribution in [0.5, 0.6) is 17.2 Å². The molecule has 0 fully saturated rings. The lowest BCUT2D eigenvalue weighted by molar-refractivity contribution is 0.307. The van der Waals surface area contributed by atoms with Gasteiger partial charge in [0, 0.05) is 59.3 Å². The molecule has 3 rings (SSSR count). The number of benzene rings is 3. The van der Waals surface area contributed by atoms with Crippen molar-refractivity contribution in [1.29, 1.82) is 0 Å². The summed E-state index contributed by atoms with van der Waals surface area (Å²) < 4.78 is 18.1. The van der Waals surface area contributed by atoms with Crippen LogP contribution < -0.4 is 28.7 Å². The quantitative estimate of drug-likeness (QED) is 0.479. The Morgan fingerprint density at radius 1 is 0.419 bits per heavy atom. The lowest BCUT2D eigenvalue weighted by atomic mass is 10.1. The molecule has 0 aromatic heterocycles. The molecule has 162 valence electrons. The predicted molar refractivity (Wildman–Crippen MR) is 130 cm³/mol. The van der Waals surface area contributed by atoms with E-state index in [4.69, 9.17) is 14.0 Å². The van der Waals surface area contributed by atoms with Crippen molar-refractivity contribution in [2.45, 2.75) is 0 Å². The second-order valence-corrected chi connectivity index (χ2v) is 7.81. The van der Waals surface area contributed by atoms with E-state index >= 15 is 0 Å². The van der Waals surface area contributed by atoms with Crippen molar-refractivity contribution in [3.05, 3.63) is 72.8 Å². The van der Waals surface area contributed by atoms with E-state index in [1.165, 1.54) is 0 Å². The number of rotatable bonds is 9. The standard InChI is InChI=1S/C24H30BN3O3/c1-26(2)19-7-13-22(14-8-19)29-25(30-23-15-9-20(10-16-23)27(3)4)31-24-17-11-21(12-18-24)28(5)6/h7-18H,1-6H3. The van der Waals surface area contributed by atoms with Gasteiger partial charge in [-0.3, -0.25) is 0 Å². The molecule has 3 aromatic carbocycles. The third kappa shape index (κ3) is 6.25. The van der Waals surface area contributed by atoms with Crippen LogP contribution in [0.4, 0.5) is 17.1 Å². The van der Waals surface area contributed by atoms with Gasteiger partial charge in [-0.25, -0.2) is 0 Å². The molecule has 0 saturated carbocycles. The molecule has 31 heavy (non-hydrogen) atoms. The molecule has 0 aliphatic rings. The second kappa shape index (κ2) is 10.0. The van der Waals surface area contributed by atoms with Crippen LogP contribution in [0, 0.1) is 0 Å². The Morgan fingerprint density at radius 2 is 0.645 bits per heavy atom. The van der Waals surface area contributed by atoms with Gasteiger partial charge in [-0.05, 0) is 72.8 Å². The highest BCUT2D eigenvalue weighted by Crippen LogP contribution is 2.23. The van der Waals surface area contributed by atoms with Crippen LogP contribution in [-0.4, -0.2) is 49.6 Å². The van der Waals surface area contributed by atoms with E-state index in [0.29, 0.717) is 17.2 Å². The van der Waals surface area contributed by atoms with Crippen molar-refractivity contribution in [3.8, 4) is 17.2 Å². The molecule has 0 atom stereocenters. The Kier molecular flexibility index (Phi) is 7.18. The van der Waals surface area contributed by atoms with E-state index in [1.807, 2.05) is 130 Å². The van der Waals surface area contributed by atoms with Crippen molar-refractivity contribution in [2.75, 3.05) is 57.0 Å². The Hall–Kier alpha value is -3.48. The molecule has 6 nitrogen and oxygen atoms in total. The monoisotopic (exact) mass is 419 g/mol. The molecule has 0 heterocycles. The van der Waals surface area contributed by atoms with E-state index in [1.54, 1.807) is 0 Å². The maximum absolute atomic E-state index is 6.03. The Labute approximate surface area is 185 Å². The van der Waals surface area contributed by atoms with Crippen LogP contribution in [-0.2, 0) is 0 Å². The molecule has 0 amide bonds. The fourth-order valence-corrected chi connectivity index (χ4v) is 2.87. The highest BCUT2D eigenvalue weighted by molar-refractivity contribution is 6.39. The summed E-state index contributed by atoms with van der Waals surface area (Å²) in [5.41, 5.74) is 3.26. The summed E-state index contributed by atoms with van der Waals surface area (Å²) in [6.45, 7) is 0. The Bertz CT molecular complexity index is 816. The van der Waals surface area contributed by atoms with Crippen molar-refractivity contribution in [2.24, 2.45) is 0 Å². The highest BCUT2D eigenvalue weighted by atomic mass is 16.7. The fraction of sp³-hybridized carbons (Fsp3) is 0.250. The summed E-state index contributed by atoms with van der Waals surface area (Å²) in [7, 11) is 11.1. The van der Waals surface area contributed by atoms with Gasteiger partial charge in [-0.15, -0.1) is 0 Å². The van der Waals surface area contributed by atoms with Crippen molar-refractivity contribution < 1.29 is 14.0 Å². The van der Waals surface area contributed by atoms with Crippen LogP contribution in [0.15, 0.2) is 72.8 Å². The van der Waals surface area contributed by atoms with Gasteiger partial charge in [0.05, 0.1) is 0 Å². The largest absolute Gasteiger partial charge is 0.864 e. The number of anilines is 3. The molecule has 0 saturated heterocycles. The molecular weight excluding hydrogens is 389 g/mol. The van der Waals surface area contributed by atoms with Crippen molar-refractivity contribution in [3.63, 3.8) is 0 Å². The van der Waals surface area contributed by atoms with Gasteiger partial charge in [0.2, 0.25) is 0 Å². The van der Waals surface area contributed by atoms with Crippen LogP contribution in [0.1, 0.15) is 0 Å². The zero-order valence-corrected chi connectivity index (χ0v) is 19.1. The van der Waals surface area contributed by atoms with Gasteiger partial charge in [0.1, 0.15) is 17.2 Å². The van der Waals surface area contributed by atoms with Gasteiger partial charge >= 0.3 is 7.32 Å². The van der Waals surface area contributed by atoms with E-state index < -0.39 is 7.32 Å². The molecular formula is C24H30BN3O3. The van der Waals surface area contributed by atoms with Crippen LogP contribution >= 0.6 is 0 Å². The third-order valence-corrected chi connectivity index (χ3v) is 4.76. The smallest absolute Gasteiger partial charge is 0.490 e. The van der Waals surface area contributed by atoms with Crippen molar-refractivity contribution in [1.82, 2.24) is 0 Å². The third-order valence-electron chi connectivity index (χ3n) is 4.76. The van der Waals surface area contributed by atoms with Gasteiger partial charge in [0.25, 0.3) is 0 Å². The first kappa shape index (κ1) is 22.2. The maximum atomic E-state index is 6.03. The molecule has 0 N–H and O–H groups in total. The van der Waals surface area contributed by atoms with E-state index in [-0.39, 0.29) is 0 Å². The number of nitrogens with zero attached hydrogens (tertiary/aromatic N) is 3. The van der Waals surface area contributed by atoms with Gasteiger partial charge in [-0.1, -0.05) is 0 Å². The first-order valence-corrected chi connectivity index (χ1v) is 10.1. The number of hydrogen-bond donors (Lipinski definition) is 0. The molecule has 7 heteroatoms. The SMILES string of the molecule is CN(C)c1ccc(OB(Oc2ccc(N(C)C)cc2)Oc2ccc(N(C)C)cc2)cc1. The lowest BCUT2D eigenvalue weighted by Crippen LogP contribution is -2.37. The summed E-state index contributed by atoms with van der Waals surface area (Å²) >= 11 is 0. The zero-order valence-electron chi connectivity index (χ0n) is 19.1. The Balaban J connectivity index is 1.78.